The third-order valence-electron chi connectivity index (χ3n) is 2.88. The number of terminal acetylenes is 1. The summed E-state index contributed by atoms with van der Waals surface area (Å²) in [6.45, 7) is 2.67. The number of amides is 1. The molecule has 0 aliphatic carbocycles. The molecule has 1 heterocycles. The van der Waals surface area contributed by atoms with Crippen molar-refractivity contribution in [1.29, 1.82) is 0 Å². The molecule has 3 nitrogen and oxygen atoms in total. The third-order valence-corrected chi connectivity index (χ3v) is 2.88. The molecule has 1 aromatic carbocycles. The van der Waals surface area contributed by atoms with Gasteiger partial charge in [-0.15, -0.1) is 12.3 Å². The van der Waals surface area contributed by atoms with Gasteiger partial charge in [0.1, 0.15) is 5.75 Å². The molecule has 0 aromatic heterocycles. The minimum absolute atomic E-state index is 0.136. The first-order chi connectivity index (χ1) is 8.65. The Morgan fingerprint density at radius 3 is 2.94 bits per heavy atom. The Hall–Kier alpha value is -2.02. The fourth-order valence-electron chi connectivity index (χ4n) is 2.02. The van der Waals surface area contributed by atoms with Gasteiger partial charge in [0, 0.05) is 24.9 Å². The van der Waals surface area contributed by atoms with Gasteiger partial charge in [-0.1, -0.05) is 0 Å². The number of benzene rings is 1. The molecule has 0 N–H and O–H groups in total. The summed E-state index contributed by atoms with van der Waals surface area (Å²) in [5, 5.41) is 0. The summed E-state index contributed by atoms with van der Waals surface area (Å²) in [4.78, 5) is 13.1. The van der Waals surface area contributed by atoms with E-state index in [9.17, 15) is 9.18 Å². The first kappa shape index (κ1) is 12.4. The van der Waals surface area contributed by atoms with Crippen molar-refractivity contribution in [2.75, 3.05) is 18.1 Å². The lowest BCUT2D eigenvalue weighted by Gasteiger charge is -2.17. The average molecular weight is 247 g/mol. The molecule has 1 aliphatic rings. The second-order valence-corrected chi connectivity index (χ2v) is 4.12. The van der Waals surface area contributed by atoms with E-state index < -0.39 is 5.82 Å². The standard InChI is InChI=1S/C14H14FNO2/c1-3-10-7-14(17)16(9-10)13-6-5-11(18-4-2)8-12(13)15/h1,5-6,8,10H,4,7,9H2,2H3. The zero-order chi connectivity index (χ0) is 13.1. The molecule has 1 fully saturated rings. The number of carbonyl (C=O) groups excluding carboxylic acids is 1. The number of rotatable bonds is 3. The van der Waals surface area contributed by atoms with Crippen LogP contribution in [0, 0.1) is 24.1 Å². The predicted octanol–water partition coefficient (Wildman–Crippen LogP) is 2.21. The molecule has 1 aromatic rings. The number of hydrogen-bond acceptors (Lipinski definition) is 2. The van der Waals surface area contributed by atoms with Crippen LogP contribution in [-0.2, 0) is 4.79 Å². The monoisotopic (exact) mass is 247 g/mol. The summed E-state index contributed by atoms with van der Waals surface area (Å²) in [5.41, 5.74) is 0.265. The van der Waals surface area contributed by atoms with Crippen molar-refractivity contribution in [3.8, 4) is 18.1 Å². The second-order valence-electron chi connectivity index (χ2n) is 4.12. The van der Waals surface area contributed by atoms with Crippen LogP contribution in [0.25, 0.3) is 0 Å². The predicted molar refractivity (Wildman–Crippen MR) is 66.9 cm³/mol. The fraction of sp³-hybridized carbons (Fsp3) is 0.357. The maximum absolute atomic E-state index is 13.9. The lowest BCUT2D eigenvalue weighted by molar-refractivity contribution is -0.117. The molecule has 1 amide bonds. The minimum Gasteiger partial charge on any atom is -0.494 e. The third kappa shape index (κ3) is 2.30. The van der Waals surface area contributed by atoms with Crippen LogP contribution in [0.2, 0.25) is 0 Å². The number of anilines is 1. The molecule has 94 valence electrons. The van der Waals surface area contributed by atoms with E-state index in [0.29, 0.717) is 18.9 Å². The zero-order valence-corrected chi connectivity index (χ0v) is 10.1. The molecule has 1 unspecified atom stereocenters. The van der Waals surface area contributed by atoms with Gasteiger partial charge in [-0.2, -0.15) is 0 Å². The lowest BCUT2D eigenvalue weighted by atomic mass is 10.1. The zero-order valence-electron chi connectivity index (χ0n) is 10.1. The van der Waals surface area contributed by atoms with Crippen molar-refractivity contribution in [1.82, 2.24) is 0 Å². The summed E-state index contributed by atoms with van der Waals surface area (Å²) < 4.78 is 19.1. The molecule has 0 saturated carbocycles. The maximum Gasteiger partial charge on any atom is 0.228 e. The summed E-state index contributed by atoms with van der Waals surface area (Å²) in [6.07, 6.45) is 5.58. The van der Waals surface area contributed by atoms with E-state index >= 15 is 0 Å². The van der Waals surface area contributed by atoms with Crippen LogP contribution in [0.1, 0.15) is 13.3 Å². The van der Waals surface area contributed by atoms with Crippen LogP contribution >= 0.6 is 0 Å². The van der Waals surface area contributed by atoms with Crippen molar-refractivity contribution in [3.63, 3.8) is 0 Å². The van der Waals surface area contributed by atoms with Gasteiger partial charge >= 0.3 is 0 Å². The van der Waals surface area contributed by atoms with Crippen molar-refractivity contribution in [3.05, 3.63) is 24.0 Å². The Balaban J connectivity index is 2.24. The normalized spacial score (nSPS) is 18.8. The molecule has 0 bridgehead atoms. The summed E-state index contributed by atoms with van der Waals surface area (Å²) in [5.74, 6) is 2.25. The highest BCUT2D eigenvalue weighted by molar-refractivity contribution is 5.96. The van der Waals surface area contributed by atoms with Crippen LogP contribution in [-0.4, -0.2) is 19.1 Å². The van der Waals surface area contributed by atoms with E-state index in [4.69, 9.17) is 11.2 Å². The maximum atomic E-state index is 13.9. The van der Waals surface area contributed by atoms with Crippen LogP contribution in [0.4, 0.5) is 10.1 Å². The Labute approximate surface area is 106 Å². The molecule has 2 rings (SSSR count). The van der Waals surface area contributed by atoms with Gasteiger partial charge in [0.2, 0.25) is 5.91 Å². The topological polar surface area (TPSA) is 29.5 Å². The highest BCUT2D eigenvalue weighted by atomic mass is 19.1. The lowest BCUT2D eigenvalue weighted by Crippen LogP contribution is -2.25. The summed E-state index contributed by atoms with van der Waals surface area (Å²) in [7, 11) is 0. The quantitative estimate of drug-likeness (QED) is 0.766. The van der Waals surface area contributed by atoms with Gasteiger partial charge in [0.15, 0.2) is 5.82 Å². The first-order valence-electron chi connectivity index (χ1n) is 5.84. The molecule has 0 spiro atoms. The molecule has 4 heteroatoms. The largest absolute Gasteiger partial charge is 0.494 e. The Morgan fingerprint density at radius 1 is 1.61 bits per heavy atom. The molecule has 1 atom stereocenters. The Morgan fingerprint density at radius 2 is 2.39 bits per heavy atom. The summed E-state index contributed by atoms with van der Waals surface area (Å²) >= 11 is 0. The number of hydrogen-bond donors (Lipinski definition) is 0. The van der Waals surface area contributed by atoms with E-state index in [0.717, 1.165) is 0 Å². The van der Waals surface area contributed by atoms with E-state index in [1.54, 1.807) is 12.1 Å². The number of nitrogens with zero attached hydrogens (tertiary/aromatic N) is 1. The van der Waals surface area contributed by atoms with Crippen molar-refractivity contribution in [2.45, 2.75) is 13.3 Å². The van der Waals surface area contributed by atoms with E-state index in [1.165, 1.54) is 11.0 Å². The Bertz CT molecular complexity index is 507. The SMILES string of the molecule is C#CC1CC(=O)N(c2ccc(OCC)cc2F)C1. The fourth-order valence-corrected chi connectivity index (χ4v) is 2.02. The van der Waals surface area contributed by atoms with Gasteiger partial charge in [0.05, 0.1) is 12.3 Å². The highest BCUT2D eigenvalue weighted by Crippen LogP contribution is 2.29. The van der Waals surface area contributed by atoms with Crippen molar-refractivity contribution in [2.24, 2.45) is 5.92 Å². The number of ether oxygens (including phenoxy) is 1. The van der Waals surface area contributed by atoms with Gasteiger partial charge in [-0.05, 0) is 19.1 Å². The average Bonchev–Trinajstić information content (AvgIpc) is 2.71. The molecule has 18 heavy (non-hydrogen) atoms. The number of halogens is 1. The first-order valence-corrected chi connectivity index (χ1v) is 5.84. The van der Waals surface area contributed by atoms with Crippen molar-refractivity contribution < 1.29 is 13.9 Å². The molecule has 0 radical (unpaired) electrons. The van der Waals surface area contributed by atoms with Gasteiger partial charge in [0.25, 0.3) is 0 Å². The van der Waals surface area contributed by atoms with Crippen LogP contribution < -0.4 is 9.64 Å². The summed E-state index contributed by atoms with van der Waals surface area (Å²) in [6, 6.07) is 4.49. The Kier molecular flexibility index (Phi) is 3.52. The molecule has 1 aliphatic heterocycles. The van der Waals surface area contributed by atoms with Crippen LogP contribution in [0.15, 0.2) is 18.2 Å². The van der Waals surface area contributed by atoms with E-state index in [1.807, 2.05) is 6.92 Å². The van der Waals surface area contributed by atoms with Gasteiger partial charge in [-0.3, -0.25) is 4.79 Å². The highest BCUT2D eigenvalue weighted by Gasteiger charge is 2.30. The minimum atomic E-state index is -0.466. The van der Waals surface area contributed by atoms with Gasteiger partial charge < -0.3 is 9.64 Å². The van der Waals surface area contributed by atoms with Gasteiger partial charge in [-0.25, -0.2) is 4.39 Å². The smallest absolute Gasteiger partial charge is 0.228 e. The van der Waals surface area contributed by atoms with Crippen LogP contribution in [0.3, 0.4) is 0 Å². The second kappa shape index (κ2) is 5.09. The van der Waals surface area contributed by atoms with Crippen molar-refractivity contribution >= 4 is 11.6 Å². The van der Waals surface area contributed by atoms with Crippen LogP contribution in [0.5, 0.6) is 5.75 Å². The van der Waals surface area contributed by atoms with E-state index in [-0.39, 0.29) is 23.9 Å². The molecular weight excluding hydrogens is 233 g/mol. The molecule has 1 saturated heterocycles. The molecular formula is C14H14FNO2. The number of carbonyl (C=O) groups is 1. The van der Waals surface area contributed by atoms with E-state index in [2.05, 4.69) is 5.92 Å².